The average molecular weight is 498 g/mol. The van der Waals surface area contributed by atoms with Crippen molar-refractivity contribution in [1.82, 2.24) is 33.8 Å². The molecule has 0 aliphatic heterocycles. The van der Waals surface area contributed by atoms with Gasteiger partial charge >= 0.3 is 5.69 Å². The Kier molecular flexibility index (Phi) is 6.01. The number of benzene rings is 1. The Morgan fingerprint density at radius 3 is 2.60 bits per heavy atom. The van der Waals surface area contributed by atoms with Crippen LogP contribution in [0.25, 0.3) is 22.6 Å². The highest BCUT2D eigenvalue weighted by Gasteiger charge is 2.33. The number of hydrogen-bond acceptors (Lipinski definition) is 7. The lowest BCUT2D eigenvalue weighted by molar-refractivity contribution is -0.132. The minimum Gasteiger partial charge on any atom is -0.419 e. The quantitative estimate of drug-likeness (QED) is 0.365. The van der Waals surface area contributed by atoms with Gasteiger partial charge in [-0.15, -0.1) is 10.2 Å². The number of fused-ring (bicyclic) bond motifs is 1. The number of imidazole rings is 1. The number of carbonyl (C=O) groups is 1. The standard InChI is InChI=1S/C23H24ClN7O4/c1-28-20-19(22(33)29(2)23(28)34)30(13-25-20)11-3-4-18(32)31(16-9-10-16)12-17-26-27-21(35-17)14-5-7-15(24)8-6-14/h5-8,13,16H,3-4,9-12H2,1-2H3. The number of aryl methyl sites for hydroxylation is 2. The first-order valence-corrected chi connectivity index (χ1v) is 11.7. The Hall–Kier alpha value is -3.73. The van der Waals surface area contributed by atoms with Crippen LogP contribution in [0.15, 0.2) is 44.6 Å². The van der Waals surface area contributed by atoms with E-state index in [4.69, 9.17) is 16.0 Å². The van der Waals surface area contributed by atoms with Gasteiger partial charge in [0.25, 0.3) is 5.56 Å². The van der Waals surface area contributed by atoms with Crippen LogP contribution in [-0.2, 0) is 32.0 Å². The molecular weight excluding hydrogens is 474 g/mol. The molecule has 11 nitrogen and oxygen atoms in total. The number of carbonyl (C=O) groups excluding carboxylic acids is 1. The molecule has 3 aromatic heterocycles. The Balaban J connectivity index is 1.25. The molecule has 1 fully saturated rings. The molecular formula is C23H24ClN7O4. The predicted octanol–water partition coefficient (Wildman–Crippen LogP) is 2.11. The molecule has 0 bridgehead atoms. The van der Waals surface area contributed by atoms with E-state index in [0.717, 1.165) is 23.0 Å². The van der Waals surface area contributed by atoms with E-state index < -0.39 is 11.2 Å². The van der Waals surface area contributed by atoms with Gasteiger partial charge in [-0.2, -0.15) is 0 Å². The predicted molar refractivity (Wildman–Crippen MR) is 128 cm³/mol. The minimum absolute atomic E-state index is 0.0107. The van der Waals surface area contributed by atoms with E-state index in [-0.39, 0.29) is 18.5 Å². The number of amides is 1. The second-order valence-corrected chi connectivity index (χ2v) is 9.12. The normalized spacial score (nSPS) is 13.5. The van der Waals surface area contributed by atoms with Crippen LogP contribution in [0.1, 0.15) is 31.6 Å². The summed E-state index contributed by atoms with van der Waals surface area (Å²) in [6, 6.07) is 7.27. The Labute approximate surface area is 204 Å². The Bertz CT molecular complexity index is 1510. The summed E-state index contributed by atoms with van der Waals surface area (Å²) >= 11 is 5.93. The summed E-state index contributed by atoms with van der Waals surface area (Å²) in [6.45, 7) is 0.677. The maximum absolute atomic E-state index is 13.0. The van der Waals surface area contributed by atoms with E-state index in [1.54, 1.807) is 40.8 Å². The minimum atomic E-state index is -0.428. The molecule has 0 spiro atoms. The number of nitrogens with zero attached hydrogens (tertiary/aromatic N) is 7. The van der Waals surface area contributed by atoms with Crippen LogP contribution in [-0.4, -0.2) is 45.7 Å². The van der Waals surface area contributed by atoms with Gasteiger partial charge in [-0.3, -0.25) is 18.7 Å². The van der Waals surface area contributed by atoms with Crippen molar-refractivity contribution in [1.29, 1.82) is 0 Å². The number of rotatable bonds is 8. The molecule has 0 N–H and O–H groups in total. The van der Waals surface area contributed by atoms with Crippen molar-refractivity contribution in [3.05, 3.63) is 62.3 Å². The third-order valence-corrected chi connectivity index (χ3v) is 6.43. The third kappa shape index (κ3) is 4.51. The average Bonchev–Trinajstić information content (AvgIpc) is 3.43. The van der Waals surface area contributed by atoms with Gasteiger partial charge in [0.2, 0.25) is 17.7 Å². The summed E-state index contributed by atoms with van der Waals surface area (Å²) in [7, 11) is 3.02. The first-order valence-electron chi connectivity index (χ1n) is 11.3. The van der Waals surface area contributed by atoms with Crippen LogP contribution >= 0.6 is 11.6 Å². The summed E-state index contributed by atoms with van der Waals surface area (Å²) < 4.78 is 9.89. The molecule has 0 saturated heterocycles. The van der Waals surface area contributed by atoms with Gasteiger partial charge in [0, 0.05) is 43.7 Å². The van der Waals surface area contributed by atoms with Gasteiger partial charge in [0.1, 0.15) is 0 Å². The lowest BCUT2D eigenvalue weighted by Crippen LogP contribution is -2.37. The van der Waals surface area contributed by atoms with Crippen LogP contribution in [0.3, 0.4) is 0 Å². The van der Waals surface area contributed by atoms with Gasteiger partial charge in [0.05, 0.1) is 12.9 Å². The van der Waals surface area contributed by atoms with Gasteiger partial charge in [-0.25, -0.2) is 9.78 Å². The summed E-state index contributed by atoms with van der Waals surface area (Å²) in [5, 5.41) is 8.83. The summed E-state index contributed by atoms with van der Waals surface area (Å²) in [5.74, 6) is 0.742. The smallest absolute Gasteiger partial charge is 0.332 e. The second-order valence-electron chi connectivity index (χ2n) is 8.68. The maximum Gasteiger partial charge on any atom is 0.332 e. The van der Waals surface area contributed by atoms with Crippen LogP contribution in [0.2, 0.25) is 5.02 Å². The Morgan fingerprint density at radius 1 is 1.14 bits per heavy atom. The highest BCUT2D eigenvalue weighted by molar-refractivity contribution is 6.30. The molecule has 1 aliphatic rings. The highest BCUT2D eigenvalue weighted by atomic mass is 35.5. The van der Waals surface area contributed by atoms with E-state index in [2.05, 4.69) is 15.2 Å². The fourth-order valence-corrected chi connectivity index (χ4v) is 4.22. The largest absolute Gasteiger partial charge is 0.419 e. The molecule has 182 valence electrons. The van der Waals surface area contributed by atoms with Gasteiger partial charge in [0.15, 0.2) is 11.2 Å². The zero-order valence-electron chi connectivity index (χ0n) is 19.3. The second kappa shape index (κ2) is 9.14. The number of halogens is 1. The molecule has 1 amide bonds. The lowest BCUT2D eigenvalue weighted by atomic mass is 10.2. The monoisotopic (exact) mass is 497 g/mol. The van der Waals surface area contributed by atoms with E-state index in [1.165, 1.54) is 17.9 Å². The Morgan fingerprint density at radius 2 is 1.89 bits per heavy atom. The fourth-order valence-electron chi connectivity index (χ4n) is 4.09. The summed E-state index contributed by atoms with van der Waals surface area (Å²) in [5.41, 5.74) is 0.606. The van der Waals surface area contributed by atoms with Crippen LogP contribution < -0.4 is 11.2 Å². The molecule has 1 saturated carbocycles. The van der Waals surface area contributed by atoms with E-state index in [9.17, 15) is 14.4 Å². The fraction of sp³-hybridized carbons (Fsp3) is 0.391. The van der Waals surface area contributed by atoms with Gasteiger partial charge < -0.3 is 13.9 Å². The first kappa shape index (κ1) is 23.0. The van der Waals surface area contributed by atoms with Gasteiger partial charge in [-0.1, -0.05) is 11.6 Å². The van der Waals surface area contributed by atoms with Crippen molar-refractivity contribution >= 4 is 28.7 Å². The van der Waals surface area contributed by atoms with E-state index in [1.807, 2.05) is 0 Å². The highest BCUT2D eigenvalue weighted by Crippen LogP contribution is 2.30. The van der Waals surface area contributed by atoms with Crippen molar-refractivity contribution in [2.24, 2.45) is 14.1 Å². The van der Waals surface area contributed by atoms with Crippen molar-refractivity contribution in [3.8, 4) is 11.5 Å². The van der Waals surface area contributed by atoms with E-state index in [0.29, 0.717) is 47.4 Å². The third-order valence-electron chi connectivity index (χ3n) is 6.18. The summed E-state index contributed by atoms with van der Waals surface area (Å²) in [4.78, 5) is 43.8. The molecule has 12 heteroatoms. The molecule has 0 unspecified atom stereocenters. The van der Waals surface area contributed by atoms with Crippen molar-refractivity contribution in [3.63, 3.8) is 0 Å². The van der Waals surface area contributed by atoms with E-state index >= 15 is 0 Å². The van der Waals surface area contributed by atoms with Crippen molar-refractivity contribution in [2.45, 2.75) is 44.8 Å². The van der Waals surface area contributed by atoms with Crippen molar-refractivity contribution < 1.29 is 9.21 Å². The number of hydrogen-bond donors (Lipinski definition) is 0. The molecule has 0 radical (unpaired) electrons. The van der Waals surface area contributed by atoms with Gasteiger partial charge in [-0.05, 0) is 43.5 Å². The summed E-state index contributed by atoms with van der Waals surface area (Å²) in [6.07, 6.45) is 4.23. The molecule has 1 aliphatic carbocycles. The molecule has 4 aromatic rings. The lowest BCUT2D eigenvalue weighted by Gasteiger charge is -2.20. The van der Waals surface area contributed by atoms with Crippen LogP contribution in [0.4, 0.5) is 0 Å². The molecule has 5 rings (SSSR count). The molecule has 35 heavy (non-hydrogen) atoms. The zero-order valence-corrected chi connectivity index (χ0v) is 20.1. The SMILES string of the molecule is Cn1c(=O)c2c(ncn2CCCC(=O)N(Cc2nnc(-c3ccc(Cl)cc3)o2)C2CC2)n(C)c1=O. The van der Waals surface area contributed by atoms with Crippen LogP contribution in [0, 0.1) is 0 Å². The topological polar surface area (TPSA) is 121 Å². The molecule has 0 atom stereocenters. The first-order chi connectivity index (χ1) is 16.8. The number of aromatic nitrogens is 6. The maximum atomic E-state index is 13.0. The zero-order chi connectivity index (χ0) is 24.7. The van der Waals surface area contributed by atoms with Crippen molar-refractivity contribution in [2.75, 3.05) is 0 Å². The van der Waals surface area contributed by atoms with Crippen LogP contribution in [0.5, 0.6) is 0 Å². The molecule has 1 aromatic carbocycles. The molecule has 3 heterocycles.